The Hall–Kier alpha value is -3.16. The minimum atomic E-state index is -2.95. The number of ether oxygens (including phenoxy) is 3. The maximum absolute atomic E-state index is 12.4. The van der Waals surface area contributed by atoms with Gasteiger partial charge in [-0.3, -0.25) is 4.79 Å². The fraction of sp³-hybridized carbons (Fsp3) is 0.333. The van der Waals surface area contributed by atoms with Crippen LogP contribution < -0.4 is 19.6 Å². The van der Waals surface area contributed by atoms with Crippen LogP contribution in [0.2, 0.25) is 0 Å². The first-order valence-corrected chi connectivity index (χ1v) is 8.98. The molecule has 0 fully saturated rings. The van der Waals surface area contributed by atoms with Crippen LogP contribution in [0.4, 0.5) is 8.78 Å². The summed E-state index contributed by atoms with van der Waals surface area (Å²) in [5.41, 5.74) is 4.95. The third kappa shape index (κ3) is 6.74. The molecule has 0 atom stereocenters. The van der Waals surface area contributed by atoms with Crippen molar-refractivity contribution in [1.29, 1.82) is 0 Å². The molecule has 2 rings (SSSR count). The Balaban J connectivity index is 1.94. The van der Waals surface area contributed by atoms with Gasteiger partial charge in [0.05, 0.1) is 13.3 Å². The average molecular weight is 406 g/mol. The van der Waals surface area contributed by atoms with Gasteiger partial charge in [-0.15, -0.1) is 0 Å². The van der Waals surface area contributed by atoms with E-state index in [9.17, 15) is 13.6 Å². The van der Waals surface area contributed by atoms with Gasteiger partial charge in [0.25, 0.3) is 5.91 Å². The number of aryl methyl sites for hydroxylation is 1. The number of benzene rings is 2. The largest absolute Gasteiger partial charge is 0.493 e. The molecule has 2 aromatic rings. The first kappa shape index (κ1) is 22.1. The normalized spacial score (nSPS) is 11.2. The van der Waals surface area contributed by atoms with Crippen LogP contribution >= 0.6 is 0 Å². The maximum atomic E-state index is 12.4. The number of carbonyl (C=O) groups is 1. The molecule has 0 aliphatic heterocycles. The van der Waals surface area contributed by atoms with Gasteiger partial charge in [0.1, 0.15) is 5.75 Å². The zero-order chi connectivity index (χ0) is 21.4. The van der Waals surface area contributed by atoms with E-state index in [1.807, 2.05) is 39.0 Å². The number of hydrogen-bond donors (Lipinski definition) is 1. The Bertz CT molecular complexity index is 870. The molecular formula is C21H24F2N2O4. The molecule has 29 heavy (non-hydrogen) atoms. The zero-order valence-corrected chi connectivity index (χ0v) is 16.7. The molecule has 0 saturated carbocycles. The van der Waals surface area contributed by atoms with Gasteiger partial charge >= 0.3 is 6.61 Å². The van der Waals surface area contributed by atoms with Gasteiger partial charge in [0.15, 0.2) is 18.1 Å². The number of nitrogens with one attached hydrogen (secondary N) is 1. The van der Waals surface area contributed by atoms with Crippen molar-refractivity contribution < 1.29 is 27.8 Å². The maximum Gasteiger partial charge on any atom is 0.387 e. The minimum absolute atomic E-state index is 0.0869. The predicted octanol–water partition coefficient (Wildman–Crippen LogP) is 4.26. The molecule has 2 aromatic carbocycles. The topological polar surface area (TPSA) is 69.2 Å². The highest BCUT2D eigenvalue weighted by molar-refractivity contribution is 5.83. The fourth-order valence-electron chi connectivity index (χ4n) is 2.56. The molecule has 0 aliphatic carbocycles. The van der Waals surface area contributed by atoms with E-state index in [1.54, 1.807) is 0 Å². The van der Waals surface area contributed by atoms with Crippen LogP contribution in [0, 0.1) is 6.92 Å². The highest BCUT2D eigenvalue weighted by Gasteiger charge is 2.11. The molecule has 0 heterocycles. The second kappa shape index (κ2) is 10.4. The van der Waals surface area contributed by atoms with Crippen LogP contribution in [0.25, 0.3) is 0 Å². The first-order valence-electron chi connectivity index (χ1n) is 8.98. The Morgan fingerprint density at radius 3 is 2.55 bits per heavy atom. The molecular weight excluding hydrogens is 382 g/mol. The standard InChI is InChI=1S/C21H24F2N2O4/c1-13(2)16-7-5-14(3)9-18(16)28-12-20(26)25-24-11-15-6-8-17(29-21(22)23)19(10-15)27-4/h5-11,13,21H,12H2,1-4H3,(H,25,26)/b24-11-. The van der Waals surface area contributed by atoms with Crippen LogP contribution in [0.1, 0.15) is 36.5 Å². The summed E-state index contributed by atoms with van der Waals surface area (Å²) >= 11 is 0. The number of carbonyl (C=O) groups excluding carboxylic acids is 1. The third-order valence-electron chi connectivity index (χ3n) is 3.96. The van der Waals surface area contributed by atoms with Gasteiger partial charge in [-0.25, -0.2) is 5.43 Å². The van der Waals surface area contributed by atoms with Gasteiger partial charge in [0, 0.05) is 0 Å². The molecule has 6 nitrogen and oxygen atoms in total. The number of rotatable bonds is 9. The molecule has 1 N–H and O–H groups in total. The summed E-state index contributed by atoms with van der Waals surface area (Å²) in [5.74, 6) is 0.542. The predicted molar refractivity (Wildman–Crippen MR) is 106 cm³/mol. The van der Waals surface area contributed by atoms with Crippen LogP contribution in [0.15, 0.2) is 41.5 Å². The Morgan fingerprint density at radius 1 is 1.14 bits per heavy atom. The van der Waals surface area contributed by atoms with Gasteiger partial charge < -0.3 is 14.2 Å². The second-order valence-electron chi connectivity index (χ2n) is 6.57. The summed E-state index contributed by atoms with van der Waals surface area (Å²) < 4.78 is 39.7. The monoisotopic (exact) mass is 406 g/mol. The van der Waals surface area contributed by atoms with Crippen molar-refractivity contribution in [3.63, 3.8) is 0 Å². The van der Waals surface area contributed by atoms with Crippen LogP contribution in [-0.2, 0) is 4.79 Å². The number of hydrazone groups is 1. The van der Waals surface area contributed by atoms with E-state index in [2.05, 4.69) is 15.3 Å². The van der Waals surface area contributed by atoms with Crippen molar-refractivity contribution >= 4 is 12.1 Å². The molecule has 0 bridgehead atoms. The average Bonchev–Trinajstić information content (AvgIpc) is 2.66. The summed E-state index contributed by atoms with van der Waals surface area (Å²) in [5, 5.41) is 3.85. The molecule has 0 radical (unpaired) electrons. The quantitative estimate of drug-likeness (QED) is 0.499. The summed E-state index contributed by atoms with van der Waals surface area (Å²) in [6, 6.07) is 10.2. The highest BCUT2D eigenvalue weighted by Crippen LogP contribution is 2.29. The van der Waals surface area contributed by atoms with E-state index in [-0.39, 0.29) is 24.0 Å². The van der Waals surface area contributed by atoms with Gasteiger partial charge in [-0.1, -0.05) is 26.0 Å². The number of alkyl halides is 2. The number of methoxy groups -OCH3 is 1. The van der Waals surface area contributed by atoms with Gasteiger partial charge in [-0.2, -0.15) is 13.9 Å². The van der Waals surface area contributed by atoms with Gasteiger partial charge in [-0.05, 0) is 53.8 Å². The molecule has 8 heteroatoms. The van der Waals surface area contributed by atoms with Crippen molar-refractivity contribution in [3.05, 3.63) is 53.1 Å². The number of halogens is 2. The lowest BCUT2D eigenvalue weighted by atomic mass is 10.0. The molecule has 0 spiro atoms. The van der Waals surface area contributed by atoms with Gasteiger partial charge in [0.2, 0.25) is 0 Å². The van der Waals surface area contributed by atoms with Crippen molar-refractivity contribution in [2.45, 2.75) is 33.3 Å². The highest BCUT2D eigenvalue weighted by atomic mass is 19.3. The van der Waals surface area contributed by atoms with E-state index in [4.69, 9.17) is 9.47 Å². The van der Waals surface area contributed by atoms with Crippen LogP contribution in [0.3, 0.4) is 0 Å². The van der Waals surface area contributed by atoms with E-state index in [1.165, 1.54) is 31.5 Å². The molecule has 1 amide bonds. The van der Waals surface area contributed by atoms with Crippen molar-refractivity contribution in [3.8, 4) is 17.2 Å². The summed E-state index contributed by atoms with van der Waals surface area (Å²) in [6.07, 6.45) is 1.36. The van der Waals surface area contributed by atoms with Crippen molar-refractivity contribution in [1.82, 2.24) is 5.43 Å². The SMILES string of the molecule is COc1cc(/C=N\NC(=O)COc2cc(C)ccc2C(C)C)ccc1OC(F)F. The Morgan fingerprint density at radius 2 is 1.90 bits per heavy atom. The van der Waals surface area contributed by atoms with Crippen LogP contribution in [0.5, 0.6) is 17.2 Å². The number of amides is 1. The molecule has 156 valence electrons. The Labute approximate surface area is 168 Å². The molecule has 0 saturated heterocycles. The second-order valence-corrected chi connectivity index (χ2v) is 6.57. The summed E-state index contributed by atoms with van der Waals surface area (Å²) in [7, 11) is 1.34. The van der Waals surface area contributed by atoms with E-state index >= 15 is 0 Å². The lowest BCUT2D eigenvalue weighted by Gasteiger charge is -2.14. The van der Waals surface area contributed by atoms with E-state index in [0.29, 0.717) is 11.3 Å². The molecule has 0 unspecified atom stereocenters. The molecule has 0 aliphatic rings. The number of hydrogen-bond acceptors (Lipinski definition) is 5. The molecule has 0 aromatic heterocycles. The lowest BCUT2D eigenvalue weighted by Crippen LogP contribution is -2.25. The smallest absolute Gasteiger partial charge is 0.387 e. The first-order chi connectivity index (χ1) is 13.8. The summed E-state index contributed by atoms with van der Waals surface area (Å²) in [6.45, 7) is 2.91. The minimum Gasteiger partial charge on any atom is -0.493 e. The van der Waals surface area contributed by atoms with Crippen LogP contribution in [-0.4, -0.2) is 32.4 Å². The fourth-order valence-corrected chi connectivity index (χ4v) is 2.56. The third-order valence-corrected chi connectivity index (χ3v) is 3.96. The summed E-state index contributed by atoms with van der Waals surface area (Å²) in [4.78, 5) is 12.0. The lowest BCUT2D eigenvalue weighted by molar-refractivity contribution is -0.123. The van der Waals surface area contributed by atoms with E-state index < -0.39 is 12.5 Å². The Kier molecular flexibility index (Phi) is 7.94. The van der Waals surface area contributed by atoms with Crippen molar-refractivity contribution in [2.24, 2.45) is 5.10 Å². The number of nitrogens with zero attached hydrogens (tertiary/aromatic N) is 1. The van der Waals surface area contributed by atoms with E-state index in [0.717, 1.165) is 11.1 Å². The zero-order valence-electron chi connectivity index (χ0n) is 16.7. The van der Waals surface area contributed by atoms with Crippen molar-refractivity contribution in [2.75, 3.05) is 13.7 Å².